The zero-order valence-corrected chi connectivity index (χ0v) is 8.40. The van der Waals surface area contributed by atoms with Crippen LogP contribution >= 0.6 is 11.6 Å². The molecule has 0 saturated carbocycles. The molecule has 0 radical (unpaired) electrons. The lowest BCUT2D eigenvalue weighted by Crippen LogP contribution is -2.39. The largest absolute Gasteiger partial charge is 0.378 e. The van der Waals surface area contributed by atoms with Gasteiger partial charge in [0.05, 0.1) is 13.2 Å². The molecule has 0 unspecified atom stereocenters. The molecule has 0 spiro atoms. The van der Waals surface area contributed by atoms with Crippen LogP contribution in [0.15, 0.2) is 11.9 Å². The number of hydrogen-bond acceptors (Lipinski definition) is 4. The van der Waals surface area contributed by atoms with Crippen LogP contribution in [0.25, 0.3) is 0 Å². The van der Waals surface area contributed by atoms with Crippen LogP contribution in [0.4, 0.5) is 0 Å². The Bertz CT molecular complexity index is 211. The number of nitrogens with zero attached hydrogens (tertiary/aromatic N) is 1. The molecule has 1 saturated heterocycles. The normalized spacial score (nSPS) is 18.6. The summed E-state index contributed by atoms with van der Waals surface area (Å²) in [5.74, 6) is 0.878. The van der Waals surface area contributed by atoms with Gasteiger partial charge in [-0.3, -0.25) is 5.41 Å². The molecule has 0 atom stereocenters. The molecule has 0 aromatic heterocycles. The maximum absolute atomic E-state index is 7.14. The first-order chi connectivity index (χ1) is 6.24. The molecular formula is C8H14ClN3O. The molecule has 1 heterocycles. The van der Waals surface area contributed by atoms with Crippen molar-refractivity contribution in [2.45, 2.75) is 0 Å². The first kappa shape index (κ1) is 10.3. The monoisotopic (exact) mass is 203 g/mol. The van der Waals surface area contributed by atoms with Crippen molar-refractivity contribution in [3.05, 3.63) is 11.9 Å². The topological polar surface area (TPSA) is 48.4 Å². The quantitative estimate of drug-likeness (QED) is 0.661. The smallest absolute Gasteiger partial charge is 0.124 e. The highest BCUT2D eigenvalue weighted by Gasteiger charge is 2.12. The van der Waals surface area contributed by atoms with Gasteiger partial charge < -0.3 is 15.0 Å². The molecular weight excluding hydrogens is 190 g/mol. The van der Waals surface area contributed by atoms with E-state index in [-0.39, 0.29) is 5.17 Å². The molecule has 1 fully saturated rings. The van der Waals surface area contributed by atoms with E-state index in [1.165, 1.54) is 0 Å². The average molecular weight is 204 g/mol. The zero-order valence-electron chi connectivity index (χ0n) is 7.64. The molecule has 1 aliphatic heterocycles. The number of allylic oxidation sites excluding steroid dienone is 1. The van der Waals surface area contributed by atoms with Crippen molar-refractivity contribution in [2.75, 3.05) is 33.4 Å². The van der Waals surface area contributed by atoms with Crippen LogP contribution in [0.1, 0.15) is 0 Å². The minimum Gasteiger partial charge on any atom is -0.378 e. The average Bonchev–Trinajstić information content (AvgIpc) is 2.15. The Morgan fingerprint density at radius 1 is 1.54 bits per heavy atom. The Morgan fingerprint density at radius 3 is 2.62 bits per heavy atom. The van der Waals surface area contributed by atoms with Gasteiger partial charge >= 0.3 is 0 Å². The molecule has 5 heteroatoms. The molecule has 1 aliphatic rings. The lowest BCUT2D eigenvalue weighted by atomic mass is 10.4. The summed E-state index contributed by atoms with van der Waals surface area (Å²) in [5.41, 5.74) is 0. The Hall–Kier alpha value is -0.740. The first-order valence-electron chi connectivity index (χ1n) is 4.20. The summed E-state index contributed by atoms with van der Waals surface area (Å²) in [5, 5.41) is 10.2. The van der Waals surface area contributed by atoms with Crippen molar-refractivity contribution in [1.29, 1.82) is 5.41 Å². The Labute approximate surface area is 83.0 Å². The van der Waals surface area contributed by atoms with Crippen LogP contribution < -0.4 is 5.32 Å². The van der Waals surface area contributed by atoms with Crippen LogP contribution in [0.5, 0.6) is 0 Å². The molecule has 13 heavy (non-hydrogen) atoms. The number of nitrogens with one attached hydrogen (secondary N) is 2. The summed E-state index contributed by atoms with van der Waals surface area (Å²) in [6.45, 7) is 3.15. The lowest BCUT2D eigenvalue weighted by Gasteiger charge is -2.30. The van der Waals surface area contributed by atoms with Gasteiger partial charge in [0.15, 0.2) is 0 Å². The van der Waals surface area contributed by atoms with Gasteiger partial charge in [-0.2, -0.15) is 0 Å². The second kappa shape index (κ2) is 5.09. The molecule has 0 bridgehead atoms. The molecule has 0 aliphatic carbocycles. The number of halogens is 1. The summed E-state index contributed by atoms with van der Waals surface area (Å²) < 4.78 is 5.22. The highest BCUT2D eigenvalue weighted by molar-refractivity contribution is 6.67. The second-order valence-corrected chi connectivity index (χ2v) is 3.13. The van der Waals surface area contributed by atoms with Gasteiger partial charge in [-0.15, -0.1) is 0 Å². The number of morpholine rings is 1. The van der Waals surface area contributed by atoms with E-state index < -0.39 is 0 Å². The summed E-state index contributed by atoms with van der Waals surface area (Å²) in [4.78, 5) is 2.11. The molecule has 2 N–H and O–H groups in total. The zero-order chi connectivity index (χ0) is 9.68. The third-order valence-corrected chi connectivity index (χ3v) is 1.98. The SMILES string of the molecule is CN/C(=C\C(=N)Cl)N1CCOCC1. The minimum absolute atomic E-state index is 0.0378. The fraction of sp³-hybridized carbons (Fsp3) is 0.625. The van der Waals surface area contributed by atoms with E-state index >= 15 is 0 Å². The van der Waals surface area contributed by atoms with Crippen molar-refractivity contribution < 1.29 is 4.74 Å². The van der Waals surface area contributed by atoms with E-state index in [0.29, 0.717) is 0 Å². The minimum atomic E-state index is 0.0378. The van der Waals surface area contributed by atoms with E-state index in [2.05, 4.69) is 10.2 Å². The molecule has 0 aromatic carbocycles. The Balaban J connectivity index is 2.58. The molecule has 74 valence electrons. The third kappa shape index (κ3) is 3.24. The van der Waals surface area contributed by atoms with Crippen molar-refractivity contribution >= 4 is 16.8 Å². The van der Waals surface area contributed by atoms with Gasteiger partial charge in [0.2, 0.25) is 0 Å². The van der Waals surface area contributed by atoms with Crippen LogP contribution in [0.3, 0.4) is 0 Å². The predicted octanol–water partition coefficient (Wildman–Crippen LogP) is 0.595. The molecule has 1 rings (SSSR count). The van der Waals surface area contributed by atoms with E-state index in [1.54, 1.807) is 6.08 Å². The molecule has 0 amide bonds. The van der Waals surface area contributed by atoms with Crippen molar-refractivity contribution in [2.24, 2.45) is 0 Å². The number of hydrogen-bond donors (Lipinski definition) is 2. The summed E-state index contributed by atoms with van der Waals surface area (Å²) in [6.07, 6.45) is 1.60. The summed E-state index contributed by atoms with van der Waals surface area (Å²) in [6, 6.07) is 0. The first-order valence-corrected chi connectivity index (χ1v) is 4.58. The van der Waals surface area contributed by atoms with E-state index in [9.17, 15) is 0 Å². The van der Waals surface area contributed by atoms with Crippen molar-refractivity contribution in [3.8, 4) is 0 Å². The fourth-order valence-electron chi connectivity index (χ4n) is 1.25. The Morgan fingerprint density at radius 2 is 2.15 bits per heavy atom. The fourth-order valence-corrected chi connectivity index (χ4v) is 1.35. The second-order valence-electron chi connectivity index (χ2n) is 2.73. The van der Waals surface area contributed by atoms with Crippen LogP contribution in [-0.2, 0) is 4.74 Å². The summed E-state index contributed by atoms with van der Waals surface area (Å²) in [7, 11) is 1.82. The van der Waals surface area contributed by atoms with Gasteiger partial charge in [-0.25, -0.2) is 0 Å². The third-order valence-electron chi connectivity index (χ3n) is 1.87. The van der Waals surface area contributed by atoms with Gasteiger partial charge in [0, 0.05) is 26.2 Å². The van der Waals surface area contributed by atoms with Crippen LogP contribution in [-0.4, -0.2) is 43.4 Å². The lowest BCUT2D eigenvalue weighted by molar-refractivity contribution is 0.0510. The summed E-state index contributed by atoms with van der Waals surface area (Å²) >= 11 is 5.48. The Kier molecular flexibility index (Phi) is 4.05. The van der Waals surface area contributed by atoms with Crippen molar-refractivity contribution in [3.63, 3.8) is 0 Å². The standard InChI is InChI=1S/C8H14ClN3O/c1-11-8(6-7(9)10)12-2-4-13-5-3-12/h6,10-11H,2-5H2,1H3/b8-6+,10-7?. The van der Waals surface area contributed by atoms with Gasteiger partial charge in [0.1, 0.15) is 11.0 Å². The highest BCUT2D eigenvalue weighted by Crippen LogP contribution is 2.05. The van der Waals surface area contributed by atoms with Crippen LogP contribution in [0.2, 0.25) is 0 Å². The van der Waals surface area contributed by atoms with Gasteiger partial charge in [-0.1, -0.05) is 11.6 Å². The maximum atomic E-state index is 7.14. The maximum Gasteiger partial charge on any atom is 0.124 e. The van der Waals surface area contributed by atoms with Crippen molar-refractivity contribution in [1.82, 2.24) is 10.2 Å². The number of ether oxygens (including phenoxy) is 1. The van der Waals surface area contributed by atoms with Crippen LogP contribution in [0, 0.1) is 5.41 Å². The van der Waals surface area contributed by atoms with Gasteiger partial charge in [0.25, 0.3) is 0 Å². The molecule has 4 nitrogen and oxygen atoms in total. The van der Waals surface area contributed by atoms with E-state index in [1.807, 2.05) is 7.05 Å². The molecule has 0 aromatic rings. The number of rotatable bonds is 3. The van der Waals surface area contributed by atoms with Gasteiger partial charge in [-0.05, 0) is 0 Å². The van der Waals surface area contributed by atoms with E-state index in [4.69, 9.17) is 21.7 Å². The predicted molar refractivity (Wildman–Crippen MR) is 53.1 cm³/mol. The van der Waals surface area contributed by atoms with E-state index in [0.717, 1.165) is 32.1 Å². The highest BCUT2D eigenvalue weighted by atomic mass is 35.5.